The zero-order valence-electron chi connectivity index (χ0n) is 36.8. The second kappa shape index (κ2) is 16.4. The van der Waals surface area contributed by atoms with Crippen molar-refractivity contribution < 1.29 is 0 Å². The van der Waals surface area contributed by atoms with Gasteiger partial charge in [0, 0.05) is 31.5 Å². The molecule has 1 aromatic heterocycles. The van der Waals surface area contributed by atoms with E-state index in [1.54, 1.807) is 0 Å². The molecule has 8 aromatic carbocycles. The predicted molar refractivity (Wildman–Crippen MR) is 269 cm³/mol. The molecule has 0 nitrogen and oxygen atoms in total. The van der Waals surface area contributed by atoms with Crippen molar-refractivity contribution in [2.24, 2.45) is 0 Å². The number of fused-ring (bicyclic) bond motifs is 8. The van der Waals surface area contributed by atoms with Crippen molar-refractivity contribution in [3.8, 4) is 11.1 Å². The fourth-order valence-corrected chi connectivity index (χ4v) is 12.1. The highest BCUT2D eigenvalue weighted by molar-refractivity contribution is 7.26. The fraction of sp³-hybridized carbons (Fsp3) is 0.213. The highest BCUT2D eigenvalue weighted by Crippen LogP contribution is 2.54. The van der Waals surface area contributed by atoms with E-state index < -0.39 is 0 Å². The van der Waals surface area contributed by atoms with Gasteiger partial charge < -0.3 is 0 Å². The Bertz CT molecular complexity index is 3100. The van der Waals surface area contributed by atoms with Gasteiger partial charge in [-0.25, -0.2) is 0 Å². The minimum atomic E-state index is -0.167. The van der Waals surface area contributed by atoms with Crippen molar-refractivity contribution in [2.75, 3.05) is 0 Å². The molecular formula is C61H56S. The first-order valence-corrected chi connectivity index (χ1v) is 23.4. The number of hydrogen-bond donors (Lipinski definition) is 0. The molecule has 0 aliphatic heterocycles. The Morgan fingerprint density at radius 1 is 0.613 bits per heavy atom. The number of allylic oxidation sites excluding steroid dienone is 1. The molecule has 1 aliphatic rings. The standard InChI is InChI=1S/C61H56S/c1-7-16-42-27-30-46(40(3)35-42)36-54(44-28-25-39(2)26-29-44)41(4)47-32-34-53-56(37-47)61(5,6)57-38-55(49-20-11-12-22-51(49)59(53)57)48(43-17-9-8-10-18-43)33-31-45-19-15-23-52-50-21-13-14-24-58(50)62-60(45)52/h7-15,17-30,32,34-35,37-38,41,48,54H,1,16,31,33,36H2,2-6H3. The van der Waals surface area contributed by atoms with Crippen LogP contribution in [0.25, 0.3) is 42.1 Å². The Hall–Kier alpha value is -6.02. The van der Waals surface area contributed by atoms with Crippen molar-refractivity contribution in [1.29, 1.82) is 0 Å². The Kier molecular flexibility index (Phi) is 10.6. The zero-order chi connectivity index (χ0) is 42.5. The maximum atomic E-state index is 3.98. The van der Waals surface area contributed by atoms with Gasteiger partial charge in [-0.2, -0.15) is 0 Å². The van der Waals surface area contributed by atoms with Crippen LogP contribution in [0.1, 0.15) is 106 Å². The van der Waals surface area contributed by atoms with Gasteiger partial charge in [-0.05, 0) is 135 Å². The van der Waals surface area contributed by atoms with Crippen LogP contribution in [0.2, 0.25) is 0 Å². The average Bonchev–Trinajstić information content (AvgIpc) is 3.79. The van der Waals surface area contributed by atoms with E-state index in [2.05, 4.69) is 205 Å². The lowest BCUT2D eigenvalue weighted by Gasteiger charge is -2.28. The second-order valence-corrected chi connectivity index (χ2v) is 19.6. The summed E-state index contributed by atoms with van der Waals surface area (Å²) >= 11 is 1.95. The highest BCUT2D eigenvalue weighted by atomic mass is 32.1. The Labute approximate surface area is 372 Å². The van der Waals surface area contributed by atoms with Gasteiger partial charge in [0.1, 0.15) is 0 Å². The van der Waals surface area contributed by atoms with Crippen LogP contribution in [0.4, 0.5) is 0 Å². The summed E-state index contributed by atoms with van der Waals surface area (Å²) in [4.78, 5) is 0. The van der Waals surface area contributed by atoms with E-state index in [-0.39, 0.29) is 11.3 Å². The number of rotatable bonds is 12. The number of benzene rings is 8. The van der Waals surface area contributed by atoms with Gasteiger partial charge >= 0.3 is 0 Å². The van der Waals surface area contributed by atoms with Crippen molar-refractivity contribution >= 4 is 42.3 Å². The summed E-state index contributed by atoms with van der Waals surface area (Å²) in [5, 5.41) is 5.49. The largest absolute Gasteiger partial charge is 0.135 e. The van der Waals surface area contributed by atoms with Crippen molar-refractivity contribution in [3.05, 3.63) is 238 Å². The maximum absolute atomic E-state index is 3.98. The third-order valence-electron chi connectivity index (χ3n) is 14.4. The van der Waals surface area contributed by atoms with E-state index in [4.69, 9.17) is 0 Å². The monoisotopic (exact) mass is 820 g/mol. The summed E-state index contributed by atoms with van der Waals surface area (Å²) in [5.74, 6) is 0.896. The molecule has 10 rings (SSSR count). The number of hydrogen-bond acceptors (Lipinski definition) is 1. The minimum Gasteiger partial charge on any atom is -0.135 e. The number of thiophene rings is 1. The molecule has 1 heterocycles. The summed E-state index contributed by atoms with van der Waals surface area (Å²) in [6.45, 7) is 15.8. The maximum Gasteiger partial charge on any atom is 0.0387 e. The molecule has 0 N–H and O–H groups in total. The van der Waals surface area contributed by atoms with Gasteiger partial charge in [-0.1, -0.05) is 190 Å². The van der Waals surface area contributed by atoms with Crippen molar-refractivity contribution in [1.82, 2.24) is 0 Å². The van der Waals surface area contributed by atoms with Crippen LogP contribution in [-0.2, 0) is 24.7 Å². The minimum absolute atomic E-state index is 0.167. The van der Waals surface area contributed by atoms with Gasteiger partial charge in [0.05, 0.1) is 0 Å². The molecule has 3 atom stereocenters. The van der Waals surface area contributed by atoms with Gasteiger partial charge in [0.25, 0.3) is 0 Å². The quantitative estimate of drug-likeness (QED) is 0.108. The van der Waals surface area contributed by atoms with Gasteiger partial charge in [-0.15, -0.1) is 17.9 Å². The van der Waals surface area contributed by atoms with Crippen LogP contribution in [0.5, 0.6) is 0 Å². The molecule has 0 spiro atoms. The van der Waals surface area contributed by atoms with Crippen LogP contribution in [-0.4, -0.2) is 0 Å². The van der Waals surface area contributed by atoms with E-state index in [0.29, 0.717) is 11.8 Å². The summed E-state index contributed by atoms with van der Waals surface area (Å²) in [5.41, 5.74) is 18.1. The SMILES string of the molecule is C=CCc1ccc(CC(c2ccc(C)cc2)C(C)c2ccc3c(c2)C(C)(C)c2cc(C(CCc4cccc5c4sc4ccccc45)c4ccccc4)c4ccccc4c2-3)c(C)c1. The lowest BCUT2D eigenvalue weighted by Crippen LogP contribution is -2.17. The van der Waals surface area contributed by atoms with Crippen LogP contribution in [0.15, 0.2) is 176 Å². The molecule has 9 aromatic rings. The van der Waals surface area contributed by atoms with E-state index in [0.717, 1.165) is 25.7 Å². The molecule has 1 heteroatoms. The van der Waals surface area contributed by atoms with Gasteiger partial charge in [-0.3, -0.25) is 0 Å². The third-order valence-corrected chi connectivity index (χ3v) is 15.6. The summed E-state index contributed by atoms with van der Waals surface area (Å²) in [6, 6.07) is 62.8. The average molecular weight is 821 g/mol. The van der Waals surface area contributed by atoms with E-state index in [9.17, 15) is 0 Å². The molecule has 0 fully saturated rings. The molecule has 0 saturated heterocycles. The Morgan fingerprint density at radius 3 is 2.10 bits per heavy atom. The molecule has 0 saturated carbocycles. The first-order valence-electron chi connectivity index (χ1n) is 22.6. The molecule has 0 bridgehead atoms. The molecule has 1 aliphatic carbocycles. The first kappa shape index (κ1) is 40.1. The topological polar surface area (TPSA) is 0 Å². The van der Waals surface area contributed by atoms with Crippen LogP contribution < -0.4 is 0 Å². The van der Waals surface area contributed by atoms with Crippen molar-refractivity contribution in [2.45, 2.75) is 83.5 Å². The molecule has 3 unspecified atom stereocenters. The van der Waals surface area contributed by atoms with E-state index in [1.165, 1.54) is 103 Å². The Balaban J connectivity index is 1.04. The molecular weight excluding hydrogens is 765 g/mol. The molecule has 306 valence electrons. The molecule has 62 heavy (non-hydrogen) atoms. The highest BCUT2D eigenvalue weighted by Gasteiger charge is 2.39. The first-order chi connectivity index (χ1) is 30.2. The summed E-state index contributed by atoms with van der Waals surface area (Å²) < 4.78 is 2.80. The van der Waals surface area contributed by atoms with Crippen LogP contribution in [0.3, 0.4) is 0 Å². The normalized spacial score (nSPS) is 14.5. The fourth-order valence-electron chi connectivity index (χ4n) is 10.8. The smallest absolute Gasteiger partial charge is 0.0387 e. The van der Waals surface area contributed by atoms with Crippen molar-refractivity contribution in [3.63, 3.8) is 0 Å². The van der Waals surface area contributed by atoms with E-state index in [1.807, 2.05) is 17.4 Å². The van der Waals surface area contributed by atoms with Crippen LogP contribution >= 0.6 is 11.3 Å². The lowest BCUT2D eigenvalue weighted by atomic mass is 9.75. The van der Waals surface area contributed by atoms with E-state index >= 15 is 0 Å². The van der Waals surface area contributed by atoms with Crippen LogP contribution in [0, 0.1) is 13.8 Å². The molecule has 0 amide bonds. The predicted octanol–water partition coefficient (Wildman–Crippen LogP) is 16.8. The lowest BCUT2D eigenvalue weighted by molar-refractivity contribution is 0.568. The summed E-state index contributed by atoms with van der Waals surface area (Å²) in [6.07, 6.45) is 5.95. The molecule has 0 radical (unpaired) electrons. The second-order valence-electron chi connectivity index (χ2n) is 18.5. The van der Waals surface area contributed by atoms with Gasteiger partial charge in [0.2, 0.25) is 0 Å². The summed E-state index contributed by atoms with van der Waals surface area (Å²) in [7, 11) is 0. The zero-order valence-corrected chi connectivity index (χ0v) is 37.7. The number of aryl methyl sites for hydroxylation is 3. The third kappa shape index (κ3) is 7.11. The Morgan fingerprint density at radius 2 is 1.32 bits per heavy atom. The van der Waals surface area contributed by atoms with Gasteiger partial charge in [0.15, 0.2) is 0 Å².